The first kappa shape index (κ1) is 16.2. The lowest BCUT2D eigenvalue weighted by Crippen LogP contribution is -2.36. The largest absolute Gasteiger partial charge is 0.481 e. The van der Waals surface area contributed by atoms with Gasteiger partial charge in [-0.1, -0.05) is 24.3 Å². The highest BCUT2D eigenvalue weighted by atomic mass is 16.4. The van der Waals surface area contributed by atoms with Gasteiger partial charge in [0, 0.05) is 25.7 Å². The number of aromatic nitrogens is 2. The van der Waals surface area contributed by atoms with E-state index in [1.54, 1.807) is 6.33 Å². The average molecular weight is 326 g/mol. The Hall–Kier alpha value is -2.63. The topological polar surface area (TPSA) is 78.4 Å². The summed E-state index contributed by atoms with van der Waals surface area (Å²) in [4.78, 5) is 21.8. The maximum Gasteiger partial charge on any atom is 0.306 e. The van der Waals surface area contributed by atoms with Crippen molar-refractivity contribution >= 4 is 17.6 Å². The van der Waals surface area contributed by atoms with Crippen LogP contribution in [0.2, 0.25) is 0 Å². The number of rotatable bonds is 5. The summed E-state index contributed by atoms with van der Waals surface area (Å²) in [7, 11) is 0. The van der Waals surface area contributed by atoms with Crippen molar-refractivity contribution in [2.45, 2.75) is 26.3 Å². The summed E-state index contributed by atoms with van der Waals surface area (Å²) >= 11 is 0. The van der Waals surface area contributed by atoms with Gasteiger partial charge < -0.3 is 15.3 Å². The molecule has 126 valence electrons. The van der Waals surface area contributed by atoms with E-state index in [0.717, 1.165) is 11.6 Å². The van der Waals surface area contributed by atoms with Gasteiger partial charge in [0.2, 0.25) is 0 Å². The second-order valence-electron chi connectivity index (χ2n) is 6.14. The van der Waals surface area contributed by atoms with E-state index in [0.29, 0.717) is 32.5 Å². The number of anilines is 2. The Bertz CT molecular complexity index is 712. The first-order valence-corrected chi connectivity index (χ1v) is 8.21. The molecule has 0 unspecified atom stereocenters. The Morgan fingerprint density at radius 3 is 2.75 bits per heavy atom. The molecule has 6 heteroatoms. The molecule has 0 atom stereocenters. The van der Waals surface area contributed by atoms with Crippen molar-refractivity contribution in [3.8, 4) is 0 Å². The number of hydrogen-bond donors (Lipinski definition) is 2. The van der Waals surface area contributed by atoms with Crippen molar-refractivity contribution in [3.63, 3.8) is 0 Å². The van der Waals surface area contributed by atoms with Gasteiger partial charge in [-0.3, -0.25) is 4.79 Å². The van der Waals surface area contributed by atoms with Crippen molar-refractivity contribution < 1.29 is 9.90 Å². The van der Waals surface area contributed by atoms with Crippen LogP contribution in [0.25, 0.3) is 0 Å². The van der Waals surface area contributed by atoms with Gasteiger partial charge in [-0.05, 0) is 30.9 Å². The average Bonchev–Trinajstić information content (AvgIpc) is 2.61. The van der Waals surface area contributed by atoms with Gasteiger partial charge >= 0.3 is 5.97 Å². The fourth-order valence-electron chi connectivity index (χ4n) is 2.97. The number of piperidine rings is 1. The summed E-state index contributed by atoms with van der Waals surface area (Å²) in [5.41, 5.74) is 2.48. The summed E-state index contributed by atoms with van der Waals surface area (Å²) < 4.78 is 0. The van der Waals surface area contributed by atoms with E-state index in [1.807, 2.05) is 18.2 Å². The summed E-state index contributed by atoms with van der Waals surface area (Å²) in [5, 5.41) is 12.4. The fourth-order valence-corrected chi connectivity index (χ4v) is 2.97. The second kappa shape index (κ2) is 7.29. The summed E-state index contributed by atoms with van der Waals surface area (Å²) in [6.45, 7) is 4.23. The third-order valence-electron chi connectivity index (χ3n) is 4.54. The number of nitrogens with zero attached hydrogens (tertiary/aromatic N) is 3. The van der Waals surface area contributed by atoms with Gasteiger partial charge in [0.25, 0.3) is 0 Å². The highest BCUT2D eigenvalue weighted by molar-refractivity contribution is 5.70. The number of carboxylic acids is 1. The molecule has 0 amide bonds. The van der Waals surface area contributed by atoms with Crippen LogP contribution in [0.5, 0.6) is 0 Å². The van der Waals surface area contributed by atoms with Crippen molar-refractivity contribution in [1.29, 1.82) is 0 Å². The molecule has 1 fully saturated rings. The number of aryl methyl sites for hydroxylation is 1. The minimum absolute atomic E-state index is 0.235. The van der Waals surface area contributed by atoms with Crippen molar-refractivity contribution in [2.24, 2.45) is 5.92 Å². The highest BCUT2D eigenvalue weighted by Gasteiger charge is 2.25. The van der Waals surface area contributed by atoms with E-state index >= 15 is 0 Å². The molecule has 1 aromatic heterocycles. The first-order chi connectivity index (χ1) is 11.6. The number of carboxylic acid groups (broad SMARTS) is 1. The molecule has 1 aliphatic heterocycles. The monoisotopic (exact) mass is 326 g/mol. The third kappa shape index (κ3) is 3.82. The quantitative estimate of drug-likeness (QED) is 0.879. The van der Waals surface area contributed by atoms with Crippen LogP contribution in [0.15, 0.2) is 36.7 Å². The molecule has 0 spiro atoms. The standard InChI is InChI=1S/C18H22N4O2/c1-13-4-2-3-5-15(13)11-19-16-10-17(21-12-20-16)22-8-6-14(7-9-22)18(23)24/h2-5,10,12,14H,6-9,11H2,1H3,(H,23,24)(H,19,20,21). The van der Waals surface area contributed by atoms with Crippen molar-refractivity contribution in [3.05, 3.63) is 47.8 Å². The van der Waals surface area contributed by atoms with Gasteiger partial charge in [0.15, 0.2) is 0 Å². The first-order valence-electron chi connectivity index (χ1n) is 8.21. The molecule has 1 aliphatic rings. The molecule has 24 heavy (non-hydrogen) atoms. The Balaban J connectivity index is 1.62. The predicted molar refractivity (Wildman–Crippen MR) is 93.1 cm³/mol. The van der Waals surface area contributed by atoms with E-state index in [-0.39, 0.29) is 5.92 Å². The van der Waals surface area contributed by atoms with Crippen LogP contribution >= 0.6 is 0 Å². The number of carbonyl (C=O) groups is 1. The Morgan fingerprint density at radius 1 is 1.29 bits per heavy atom. The molecule has 1 aromatic carbocycles. The molecular weight excluding hydrogens is 304 g/mol. The van der Waals surface area contributed by atoms with E-state index in [1.165, 1.54) is 11.1 Å². The molecule has 0 bridgehead atoms. The Labute approximate surface area is 141 Å². The molecule has 6 nitrogen and oxygen atoms in total. The number of hydrogen-bond acceptors (Lipinski definition) is 5. The van der Waals surface area contributed by atoms with Crippen LogP contribution < -0.4 is 10.2 Å². The Morgan fingerprint density at radius 2 is 2.04 bits per heavy atom. The number of nitrogens with one attached hydrogen (secondary N) is 1. The molecule has 0 radical (unpaired) electrons. The van der Waals surface area contributed by atoms with Gasteiger partial charge in [-0.25, -0.2) is 9.97 Å². The molecule has 0 saturated carbocycles. The molecule has 2 aromatic rings. The summed E-state index contributed by atoms with van der Waals surface area (Å²) in [5.74, 6) is 0.699. The normalized spacial score (nSPS) is 15.3. The van der Waals surface area contributed by atoms with Gasteiger partial charge in [-0.2, -0.15) is 0 Å². The zero-order valence-corrected chi connectivity index (χ0v) is 13.8. The molecule has 0 aliphatic carbocycles. The highest BCUT2D eigenvalue weighted by Crippen LogP contribution is 2.23. The van der Waals surface area contributed by atoms with Crippen LogP contribution in [0.4, 0.5) is 11.6 Å². The zero-order chi connectivity index (χ0) is 16.9. The summed E-state index contributed by atoms with van der Waals surface area (Å²) in [6, 6.07) is 10.2. The van der Waals surface area contributed by atoms with Crippen LogP contribution in [0.3, 0.4) is 0 Å². The van der Waals surface area contributed by atoms with E-state index in [4.69, 9.17) is 5.11 Å². The molecule has 2 heterocycles. The van der Waals surface area contributed by atoms with Crippen molar-refractivity contribution in [1.82, 2.24) is 9.97 Å². The molecular formula is C18H22N4O2. The number of aliphatic carboxylic acids is 1. The lowest BCUT2D eigenvalue weighted by molar-refractivity contribution is -0.142. The lowest BCUT2D eigenvalue weighted by atomic mass is 9.97. The van der Waals surface area contributed by atoms with E-state index < -0.39 is 5.97 Å². The Kier molecular flexibility index (Phi) is 4.93. The van der Waals surface area contributed by atoms with Gasteiger partial charge in [-0.15, -0.1) is 0 Å². The molecule has 3 rings (SSSR count). The predicted octanol–water partition coefficient (Wildman–Crippen LogP) is 2.70. The van der Waals surface area contributed by atoms with Crippen molar-refractivity contribution in [2.75, 3.05) is 23.3 Å². The van der Waals surface area contributed by atoms with Crippen LogP contribution in [0, 0.1) is 12.8 Å². The second-order valence-corrected chi connectivity index (χ2v) is 6.14. The minimum atomic E-state index is -0.696. The molecule has 2 N–H and O–H groups in total. The van der Waals surface area contributed by atoms with E-state index in [2.05, 4.69) is 39.2 Å². The number of benzene rings is 1. The maximum absolute atomic E-state index is 11.0. The maximum atomic E-state index is 11.0. The van der Waals surface area contributed by atoms with Crippen LogP contribution in [0.1, 0.15) is 24.0 Å². The zero-order valence-electron chi connectivity index (χ0n) is 13.8. The smallest absolute Gasteiger partial charge is 0.306 e. The summed E-state index contributed by atoms with van der Waals surface area (Å²) in [6.07, 6.45) is 2.87. The minimum Gasteiger partial charge on any atom is -0.481 e. The lowest BCUT2D eigenvalue weighted by Gasteiger charge is -2.31. The van der Waals surface area contributed by atoms with Gasteiger partial charge in [0.05, 0.1) is 5.92 Å². The van der Waals surface area contributed by atoms with Gasteiger partial charge in [0.1, 0.15) is 18.0 Å². The SMILES string of the molecule is Cc1ccccc1CNc1cc(N2CCC(C(=O)O)CC2)ncn1. The third-order valence-corrected chi connectivity index (χ3v) is 4.54. The fraction of sp³-hybridized carbons (Fsp3) is 0.389. The van der Waals surface area contributed by atoms with E-state index in [9.17, 15) is 4.79 Å². The van der Waals surface area contributed by atoms with Crippen LogP contribution in [-0.4, -0.2) is 34.1 Å². The van der Waals surface area contributed by atoms with Crippen LogP contribution in [-0.2, 0) is 11.3 Å². The molecule has 1 saturated heterocycles.